The zero-order valence-corrected chi connectivity index (χ0v) is 6.68. The summed E-state index contributed by atoms with van der Waals surface area (Å²) in [5.74, 6) is 1.00. The van der Waals surface area contributed by atoms with Crippen LogP contribution in [0.5, 0.6) is 0 Å². The first-order valence-electron chi connectivity index (χ1n) is 4.08. The molecule has 0 saturated carbocycles. The monoisotopic (exact) mass is 144 g/mol. The highest BCUT2D eigenvalue weighted by atomic mass is 19.0. The molecule has 60 valence electrons. The lowest BCUT2D eigenvalue weighted by atomic mass is 10.0. The van der Waals surface area contributed by atoms with Crippen LogP contribution in [0.25, 0.3) is 0 Å². The van der Waals surface area contributed by atoms with Crippen LogP contribution in [0.1, 0.15) is 39.0 Å². The summed E-state index contributed by atoms with van der Waals surface area (Å²) in [5, 5.41) is 0. The Kier molecular flexibility index (Phi) is 5.27. The summed E-state index contributed by atoms with van der Waals surface area (Å²) < 4.78 is 0. The molecule has 0 nitrogen and oxygen atoms in total. The molecule has 0 heterocycles. The van der Waals surface area contributed by atoms with Crippen molar-refractivity contribution in [3.63, 3.8) is 0 Å². The third-order valence-electron chi connectivity index (χ3n) is 2.07. The average Bonchev–Trinajstić information content (AvgIpc) is 2.34. The number of allylic oxidation sites excluding steroid dienone is 2. The molecule has 1 rings (SSSR count). The summed E-state index contributed by atoms with van der Waals surface area (Å²) in [6.45, 7) is 2.27. The van der Waals surface area contributed by atoms with Gasteiger partial charge in [0.1, 0.15) is 0 Å². The molecule has 0 spiro atoms. The van der Waals surface area contributed by atoms with Crippen molar-refractivity contribution in [2.24, 2.45) is 5.92 Å². The van der Waals surface area contributed by atoms with Crippen LogP contribution in [0.4, 0.5) is 4.70 Å². The second kappa shape index (κ2) is 5.45. The lowest BCUT2D eigenvalue weighted by Crippen LogP contribution is -1.91. The molecule has 0 fully saturated rings. The summed E-state index contributed by atoms with van der Waals surface area (Å²) in [4.78, 5) is 0. The molecule has 0 saturated heterocycles. The highest BCUT2D eigenvalue weighted by Gasteiger charge is 2.07. The molecular weight excluding hydrogens is 127 g/mol. The Balaban J connectivity index is 0.000000810. The summed E-state index contributed by atoms with van der Waals surface area (Å²) >= 11 is 0. The minimum atomic E-state index is 0. The molecule has 0 N–H and O–H groups in total. The van der Waals surface area contributed by atoms with Gasteiger partial charge >= 0.3 is 0 Å². The van der Waals surface area contributed by atoms with Gasteiger partial charge in [0.15, 0.2) is 0 Å². The molecule has 0 aromatic rings. The van der Waals surface area contributed by atoms with Crippen molar-refractivity contribution in [2.75, 3.05) is 0 Å². The van der Waals surface area contributed by atoms with Gasteiger partial charge in [-0.1, -0.05) is 31.9 Å². The number of halogens is 1. The van der Waals surface area contributed by atoms with Crippen LogP contribution in [0.15, 0.2) is 12.2 Å². The molecule has 0 aliphatic heterocycles. The van der Waals surface area contributed by atoms with Crippen molar-refractivity contribution < 1.29 is 4.70 Å². The van der Waals surface area contributed by atoms with E-state index in [-0.39, 0.29) is 4.70 Å². The Labute approximate surface area is 62.7 Å². The normalized spacial score (nSPS) is 17.3. The van der Waals surface area contributed by atoms with Crippen molar-refractivity contribution in [1.29, 1.82) is 0 Å². The molecule has 1 heteroatoms. The Morgan fingerprint density at radius 3 is 2.40 bits per heavy atom. The van der Waals surface area contributed by atoms with E-state index in [2.05, 4.69) is 19.1 Å². The van der Waals surface area contributed by atoms with E-state index in [4.69, 9.17) is 0 Å². The number of hydrogen-bond donors (Lipinski definition) is 0. The van der Waals surface area contributed by atoms with Crippen LogP contribution >= 0.6 is 0 Å². The molecule has 1 aliphatic rings. The first kappa shape index (κ1) is 9.67. The van der Waals surface area contributed by atoms with Crippen LogP contribution in [-0.4, -0.2) is 0 Å². The van der Waals surface area contributed by atoms with Gasteiger partial charge in [0, 0.05) is 0 Å². The highest BCUT2D eigenvalue weighted by Crippen LogP contribution is 2.22. The zero-order valence-electron chi connectivity index (χ0n) is 6.68. The number of unbranched alkanes of at least 4 members (excludes halogenated alkanes) is 1. The minimum absolute atomic E-state index is 0. The summed E-state index contributed by atoms with van der Waals surface area (Å²) in [6.07, 6.45) is 11.6. The summed E-state index contributed by atoms with van der Waals surface area (Å²) in [6, 6.07) is 0. The van der Waals surface area contributed by atoms with Crippen LogP contribution in [-0.2, 0) is 0 Å². The van der Waals surface area contributed by atoms with Gasteiger partial charge in [0.2, 0.25) is 0 Å². The minimum Gasteiger partial charge on any atom is -0.269 e. The fourth-order valence-electron chi connectivity index (χ4n) is 1.40. The molecule has 0 amide bonds. The van der Waals surface area contributed by atoms with Gasteiger partial charge < -0.3 is 0 Å². The van der Waals surface area contributed by atoms with E-state index < -0.39 is 0 Å². The van der Waals surface area contributed by atoms with E-state index in [1.165, 1.54) is 32.1 Å². The van der Waals surface area contributed by atoms with Crippen LogP contribution < -0.4 is 0 Å². The van der Waals surface area contributed by atoms with Crippen LogP contribution in [0.3, 0.4) is 0 Å². The van der Waals surface area contributed by atoms with E-state index in [0.717, 1.165) is 5.92 Å². The van der Waals surface area contributed by atoms with Crippen molar-refractivity contribution in [3.8, 4) is 0 Å². The Morgan fingerprint density at radius 1 is 1.30 bits per heavy atom. The molecular formula is C9H17F. The van der Waals surface area contributed by atoms with Gasteiger partial charge in [-0.05, 0) is 25.2 Å². The Morgan fingerprint density at radius 2 is 1.90 bits per heavy atom. The van der Waals surface area contributed by atoms with Gasteiger partial charge in [-0.2, -0.15) is 0 Å². The lowest BCUT2D eigenvalue weighted by molar-refractivity contribution is 0.495. The fourth-order valence-corrected chi connectivity index (χ4v) is 1.40. The van der Waals surface area contributed by atoms with Crippen molar-refractivity contribution in [3.05, 3.63) is 12.2 Å². The zero-order chi connectivity index (χ0) is 6.53. The second-order valence-electron chi connectivity index (χ2n) is 2.95. The largest absolute Gasteiger partial charge is 0.269 e. The molecule has 1 aliphatic carbocycles. The summed E-state index contributed by atoms with van der Waals surface area (Å²) in [7, 11) is 0. The van der Waals surface area contributed by atoms with Crippen molar-refractivity contribution in [2.45, 2.75) is 39.0 Å². The number of rotatable bonds is 3. The van der Waals surface area contributed by atoms with Gasteiger partial charge in [0.25, 0.3) is 0 Å². The summed E-state index contributed by atoms with van der Waals surface area (Å²) in [5.41, 5.74) is 0. The Bertz CT molecular complexity index is 88.9. The molecule has 0 aromatic heterocycles. The quantitative estimate of drug-likeness (QED) is 0.533. The molecule has 10 heavy (non-hydrogen) atoms. The van der Waals surface area contributed by atoms with Crippen LogP contribution in [0.2, 0.25) is 0 Å². The fraction of sp³-hybridized carbons (Fsp3) is 0.778. The van der Waals surface area contributed by atoms with Gasteiger partial charge in [-0.25, -0.2) is 0 Å². The predicted molar refractivity (Wildman–Crippen MR) is 43.9 cm³/mol. The van der Waals surface area contributed by atoms with E-state index in [0.29, 0.717) is 0 Å². The topological polar surface area (TPSA) is 0 Å². The molecule has 0 radical (unpaired) electrons. The van der Waals surface area contributed by atoms with E-state index in [1.807, 2.05) is 0 Å². The highest BCUT2D eigenvalue weighted by molar-refractivity contribution is 4.93. The standard InChI is InChI=1S/C9H16.FH/c1-2-3-6-9-7-4-5-8-9;/h4-5,9H,2-3,6-8H2,1H3;1H. The third-order valence-corrected chi connectivity index (χ3v) is 2.07. The maximum atomic E-state index is 2.32. The third kappa shape index (κ3) is 3.00. The van der Waals surface area contributed by atoms with Crippen LogP contribution in [0, 0.1) is 5.92 Å². The first-order chi connectivity index (χ1) is 4.43. The first-order valence-corrected chi connectivity index (χ1v) is 4.08. The molecule has 0 unspecified atom stereocenters. The Hall–Kier alpha value is -0.330. The molecule has 0 aromatic carbocycles. The van der Waals surface area contributed by atoms with E-state index in [9.17, 15) is 0 Å². The lowest BCUT2D eigenvalue weighted by Gasteiger charge is -2.05. The SMILES string of the molecule is CCCCC1CC=CC1.F. The van der Waals surface area contributed by atoms with Gasteiger partial charge in [0.05, 0.1) is 0 Å². The maximum Gasteiger partial charge on any atom is -0.0319 e. The maximum absolute atomic E-state index is 2.32. The van der Waals surface area contributed by atoms with Crippen molar-refractivity contribution >= 4 is 0 Å². The molecule has 0 bridgehead atoms. The predicted octanol–water partition coefficient (Wildman–Crippen LogP) is 3.30. The van der Waals surface area contributed by atoms with Gasteiger partial charge in [-0.15, -0.1) is 0 Å². The second-order valence-corrected chi connectivity index (χ2v) is 2.95. The van der Waals surface area contributed by atoms with E-state index in [1.54, 1.807) is 0 Å². The average molecular weight is 144 g/mol. The number of hydrogen-bond acceptors (Lipinski definition) is 0. The van der Waals surface area contributed by atoms with Gasteiger partial charge in [-0.3, -0.25) is 4.70 Å². The molecule has 0 atom stereocenters. The van der Waals surface area contributed by atoms with E-state index >= 15 is 0 Å². The van der Waals surface area contributed by atoms with Crippen molar-refractivity contribution in [1.82, 2.24) is 0 Å². The smallest absolute Gasteiger partial charge is 0.0319 e.